The molecule has 0 radical (unpaired) electrons. The van der Waals surface area contributed by atoms with Gasteiger partial charge in [-0.05, 0) is 131 Å². The normalized spacial score (nSPS) is 18.2. The van der Waals surface area contributed by atoms with Crippen LogP contribution in [-0.4, -0.2) is 16.0 Å². The van der Waals surface area contributed by atoms with Gasteiger partial charge in [-0.1, -0.05) is 183 Å². The molecule has 4 atom stereocenters. The molecule has 14 rings (SSSR count). The van der Waals surface area contributed by atoms with Crippen molar-refractivity contribution in [3.05, 3.63) is 247 Å². The molecule has 0 N–H and O–H groups in total. The summed E-state index contributed by atoms with van der Waals surface area (Å²) in [4.78, 5) is 12.8. The summed E-state index contributed by atoms with van der Waals surface area (Å²) in [6.45, 7) is 2.40. The molecular formula is C65H45N3. The minimum absolute atomic E-state index is 0.298. The topological polar surface area (TPSA) is 29.0 Å². The third kappa shape index (κ3) is 6.19. The summed E-state index contributed by atoms with van der Waals surface area (Å²) < 4.78 is 0. The maximum Gasteiger partial charge on any atom is 0.0979 e. The van der Waals surface area contributed by atoms with Gasteiger partial charge in [-0.15, -0.1) is 0 Å². The fourth-order valence-corrected chi connectivity index (χ4v) is 11.7. The van der Waals surface area contributed by atoms with Crippen molar-refractivity contribution >= 4 is 71.6 Å². The van der Waals surface area contributed by atoms with Crippen molar-refractivity contribution < 1.29 is 0 Å². The smallest absolute Gasteiger partial charge is 0.0979 e. The van der Waals surface area contributed by atoms with Crippen LogP contribution < -0.4 is 4.90 Å². The second kappa shape index (κ2) is 15.3. The molecule has 0 bridgehead atoms. The highest BCUT2D eigenvalue weighted by molar-refractivity contribution is 6.23. The molecule has 1 aromatic heterocycles. The van der Waals surface area contributed by atoms with Crippen molar-refractivity contribution in [2.75, 3.05) is 4.90 Å². The predicted molar refractivity (Wildman–Crippen MR) is 286 cm³/mol. The summed E-state index contributed by atoms with van der Waals surface area (Å²) in [5.41, 5.74) is 16.8. The molecule has 1 aliphatic heterocycles. The number of fused-ring (bicyclic) bond motifs is 12. The molecule has 11 aromatic rings. The van der Waals surface area contributed by atoms with E-state index in [1.54, 1.807) is 0 Å². The van der Waals surface area contributed by atoms with Gasteiger partial charge in [0.2, 0.25) is 0 Å². The first-order valence-corrected chi connectivity index (χ1v) is 23.9. The molecule has 4 unspecified atom stereocenters. The lowest BCUT2D eigenvalue weighted by atomic mass is 9.76. The van der Waals surface area contributed by atoms with E-state index in [9.17, 15) is 0 Å². The summed E-state index contributed by atoms with van der Waals surface area (Å²) in [7, 11) is 0. The van der Waals surface area contributed by atoms with Crippen LogP contribution in [-0.2, 0) is 0 Å². The average Bonchev–Trinajstić information content (AvgIpc) is 3.74. The van der Waals surface area contributed by atoms with Gasteiger partial charge in [0, 0.05) is 39.5 Å². The average molecular weight is 868 g/mol. The van der Waals surface area contributed by atoms with E-state index in [2.05, 4.69) is 236 Å². The summed E-state index contributed by atoms with van der Waals surface area (Å²) in [5, 5.41) is 9.52. The fraction of sp³-hybridized carbons (Fsp3) is 0.0769. The van der Waals surface area contributed by atoms with Crippen molar-refractivity contribution in [3.8, 4) is 33.5 Å². The minimum Gasteiger partial charge on any atom is -0.333 e. The number of benzene rings is 10. The standard InChI is InChI=1S/C65H45N3/c1-40-53-30-27-48(36-49(53)28-31-54(40)50-29-32-63-60(38-50)57-15-9-10-18-62(57)68(63)52-11-3-2-4-12-52)45-22-21-42-33-41(19-20-43(42)34-45)44-23-24-47-37-51(26-25-46(47)35-44)61-39-66-64-58-16-7-5-13-55(58)56-14-6-8-17-59(56)65(64)67-61/h2-40,54,57,62H,1H3. The molecule has 3 aliphatic rings. The first-order valence-electron chi connectivity index (χ1n) is 23.9. The third-order valence-corrected chi connectivity index (χ3v) is 15.2. The molecular weight excluding hydrogens is 823 g/mol. The molecule has 0 spiro atoms. The quantitative estimate of drug-likeness (QED) is 0.161. The molecule has 10 aromatic carbocycles. The Hall–Kier alpha value is -8.40. The maximum atomic E-state index is 5.24. The van der Waals surface area contributed by atoms with Crippen LogP contribution in [0.4, 0.5) is 11.4 Å². The summed E-state index contributed by atoms with van der Waals surface area (Å²) in [5.74, 6) is 1.02. The van der Waals surface area contributed by atoms with Gasteiger partial charge in [0.25, 0.3) is 0 Å². The number of anilines is 2. The van der Waals surface area contributed by atoms with Crippen molar-refractivity contribution in [2.45, 2.75) is 30.7 Å². The highest BCUT2D eigenvalue weighted by Gasteiger charge is 2.38. The zero-order valence-corrected chi connectivity index (χ0v) is 37.6. The zero-order valence-electron chi connectivity index (χ0n) is 37.6. The molecule has 3 heteroatoms. The maximum absolute atomic E-state index is 5.24. The first kappa shape index (κ1) is 38.8. The van der Waals surface area contributed by atoms with Crippen LogP contribution in [0.5, 0.6) is 0 Å². The highest BCUT2D eigenvalue weighted by Crippen LogP contribution is 2.50. The van der Waals surface area contributed by atoms with E-state index in [1.165, 1.54) is 88.2 Å². The fourth-order valence-electron chi connectivity index (χ4n) is 11.7. The Kier molecular flexibility index (Phi) is 8.76. The summed E-state index contributed by atoms with van der Waals surface area (Å²) in [6, 6.07) is 69.6. The number of allylic oxidation sites excluding steroid dienone is 3. The number of para-hydroxylation sites is 1. The van der Waals surface area contributed by atoms with Gasteiger partial charge in [0.1, 0.15) is 0 Å². The summed E-state index contributed by atoms with van der Waals surface area (Å²) in [6.07, 6.45) is 15.9. The van der Waals surface area contributed by atoms with E-state index < -0.39 is 0 Å². The lowest BCUT2D eigenvalue weighted by Gasteiger charge is -2.29. The highest BCUT2D eigenvalue weighted by atomic mass is 15.2. The van der Waals surface area contributed by atoms with Gasteiger partial charge in [0.05, 0.1) is 29.0 Å². The first-order chi connectivity index (χ1) is 33.6. The van der Waals surface area contributed by atoms with Crippen LogP contribution in [0.15, 0.2) is 225 Å². The van der Waals surface area contributed by atoms with E-state index in [-0.39, 0.29) is 0 Å². The molecule has 2 heterocycles. The monoisotopic (exact) mass is 867 g/mol. The Morgan fingerprint density at radius 3 is 1.71 bits per heavy atom. The molecule has 0 saturated carbocycles. The zero-order chi connectivity index (χ0) is 44.9. The van der Waals surface area contributed by atoms with Gasteiger partial charge < -0.3 is 4.90 Å². The van der Waals surface area contributed by atoms with Gasteiger partial charge in [0.15, 0.2) is 0 Å². The van der Waals surface area contributed by atoms with Gasteiger partial charge in [-0.3, -0.25) is 4.98 Å². The molecule has 3 nitrogen and oxygen atoms in total. The van der Waals surface area contributed by atoms with Crippen LogP contribution in [0, 0.1) is 0 Å². The van der Waals surface area contributed by atoms with Crippen molar-refractivity contribution in [3.63, 3.8) is 0 Å². The van der Waals surface area contributed by atoms with Crippen molar-refractivity contribution in [2.24, 2.45) is 0 Å². The van der Waals surface area contributed by atoms with E-state index in [4.69, 9.17) is 9.97 Å². The van der Waals surface area contributed by atoms with Crippen LogP contribution in [0.1, 0.15) is 46.9 Å². The lowest BCUT2D eigenvalue weighted by Crippen LogP contribution is -2.28. The Labute approximate surface area is 395 Å². The number of aromatic nitrogens is 2. The Bertz CT molecular complexity index is 3940. The molecule has 320 valence electrons. The molecule has 0 fully saturated rings. The SMILES string of the molecule is CC1c2ccc(-c3ccc4cc(-c5ccc6cc(-c7cnc8c9ccccc9c9ccccc9c8n7)ccc6c5)ccc4c3)cc2C=CC1c1ccc2c(c1)C1C=CC=CC1N2c1ccccc1. The second-order valence-electron chi connectivity index (χ2n) is 18.9. The van der Waals surface area contributed by atoms with E-state index in [1.807, 2.05) is 6.20 Å². The third-order valence-electron chi connectivity index (χ3n) is 15.2. The van der Waals surface area contributed by atoms with E-state index >= 15 is 0 Å². The molecule has 68 heavy (non-hydrogen) atoms. The Balaban J connectivity index is 0.717. The lowest BCUT2D eigenvalue weighted by molar-refractivity contribution is 0.668. The van der Waals surface area contributed by atoms with Crippen molar-refractivity contribution in [1.82, 2.24) is 9.97 Å². The molecule has 0 saturated heterocycles. The van der Waals surface area contributed by atoms with Gasteiger partial charge in [-0.25, -0.2) is 4.98 Å². The summed E-state index contributed by atoms with van der Waals surface area (Å²) >= 11 is 0. The van der Waals surface area contributed by atoms with E-state index in [0.29, 0.717) is 23.8 Å². The number of hydrogen-bond acceptors (Lipinski definition) is 3. The Morgan fingerprint density at radius 2 is 1.01 bits per heavy atom. The van der Waals surface area contributed by atoms with Crippen LogP contribution in [0.2, 0.25) is 0 Å². The second-order valence-corrected chi connectivity index (χ2v) is 18.9. The van der Waals surface area contributed by atoms with Crippen LogP contribution in [0.3, 0.4) is 0 Å². The largest absolute Gasteiger partial charge is 0.333 e. The number of hydrogen-bond donors (Lipinski definition) is 0. The van der Waals surface area contributed by atoms with Crippen molar-refractivity contribution in [1.29, 1.82) is 0 Å². The van der Waals surface area contributed by atoms with Crippen LogP contribution in [0.25, 0.3) is 93.7 Å². The van der Waals surface area contributed by atoms with Gasteiger partial charge in [-0.2, -0.15) is 0 Å². The van der Waals surface area contributed by atoms with E-state index in [0.717, 1.165) is 33.1 Å². The Morgan fingerprint density at radius 1 is 0.441 bits per heavy atom. The minimum atomic E-state index is 0.298. The van der Waals surface area contributed by atoms with Crippen LogP contribution >= 0.6 is 0 Å². The number of rotatable bonds is 5. The molecule has 0 amide bonds. The number of nitrogens with zero attached hydrogens (tertiary/aromatic N) is 3. The predicted octanol–water partition coefficient (Wildman–Crippen LogP) is 16.9. The molecule has 2 aliphatic carbocycles. The van der Waals surface area contributed by atoms with Gasteiger partial charge >= 0.3 is 0 Å².